The van der Waals surface area contributed by atoms with Crippen molar-refractivity contribution in [1.29, 1.82) is 0 Å². The number of nitrogens with two attached hydrogens (primary N) is 1. The third-order valence-corrected chi connectivity index (χ3v) is 4.76. The Labute approximate surface area is 128 Å². The Bertz CT molecular complexity index is 645. The molecule has 5 nitrogen and oxygen atoms in total. The number of aromatic nitrogens is 1. The van der Waals surface area contributed by atoms with E-state index in [0.717, 1.165) is 22.9 Å². The minimum absolute atomic E-state index is 0.0327. The number of nitrogen functional groups attached to an aromatic ring is 1. The molecule has 0 bridgehead atoms. The number of hydrogen-bond acceptors (Lipinski definition) is 4. The van der Waals surface area contributed by atoms with Crippen LogP contribution in [0.2, 0.25) is 0 Å². The summed E-state index contributed by atoms with van der Waals surface area (Å²) < 4.78 is 0. The number of hydrogen-bond donors (Lipinski definition) is 1. The summed E-state index contributed by atoms with van der Waals surface area (Å²) in [5, 5.41) is 0.998. The van der Waals surface area contributed by atoms with Gasteiger partial charge in [0.15, 0.2) is 0 Å². The quantitative estimate of drug-likeness (QED) is 0.887. The van der Waals surface area contributed by atoms with Gasteiger partial charge in [-0.3, -0.25) is 4.90 Å². The number of urea groups is 1. The second-order valence-corrected chi connectivity index (χ2v) is 6.48. The number of carbonyl (C=O) groups excluding carboxylic acids is 1. The van der Waals surface area contributed by atoms with Crippen LogP contribution in [-0.4, -0.2) is 29.0 Å². The van der Waals surface area contributed by atoms with Crippen molar-refractivity contribution in [2.24, 2.45) is 0 Å². The van der Waals surface area contributed by atoms with Gasteiger partial charge in [-0.1, -0.05) is 0 Å². The zero-order valence-electron chi connectivity index (χ0n) is 12.2. The summed E-state index contributed by atoms with van der Waals surface area (Å²) >= 11 is 1.66. The van der Waals surface area contributed by atoms with Crippen LogP contribution in [0.4, 0.5) is 16.2 Å². The van der Waals surface area contributed by atoms with Crippen molar-refractivity contribution < 1.29 is 4.79 Å². The van der Waals surface area contributed by atoms with Gasteiger partial charge in [0.05, 0.1) is 12.2 Å². The standard InChI is InChI=1S/C15H18N4OS/c1-10-11(2)21-14(17-10)9-18-7-8-19(15(18)20)13-5-3-12(16)4-6-13/h3-6H,7-9,16H2,1-2H3. The number of carbonyl (C=O) groups is 1. The highest BCUT2D eigenvalue weighted by Gasteiger charge is 2.30. The van der Waals surface area contributed by atoms with Gasteiger partial charge < -0.3 is 10.6 Å². The number of amides is 2. The molecule has 6 heteroatoms. The number of thiazole rings is 1. The largest absolute Gasteiger partial charge is 0.399 e. The number of anilines is 2. The summed E-state index contributed by atoms with van der Waals surface area (Å²) in [5.41, 5.74) is 8.33. The molecule has 0 radical (unpaired) electrons. The van der Waals surface area contributed by atoms with Crippen LogP contribution in [0.25, 0.3) is 0 Å². The molecule has 1 aromatic carbocycles. The highest BCUT2D eigenvalue weighted by atomic mass is 32.1. The van der Waals surface area contributed by atoms with E-state index in [9.17, 15) is 4.79 Å². The highest BCUT2D eigenvalue weighted by Crippen LogP contribution is 2.24. The third-order valence-electron chi connectivity index (χ3n) is 3.70. The lowest BCUT2D eigenvalue weighted by Crippen LogP contribution is -2.31. The van der Waals surface area contributed by atoms with Crippen LogP contribution in [0.15, 0.2) is 24.3 Å². The van der Waals surface area contributed by atoms with Crippen molar-refractivity contribution in [3.05, 3.63) is 39.8 Å². The predicted octanol–water partition coefficient (Wildman–Crippen LogP) is 2.78. The molecule has 0 aliphatic carbocycles. The fourth-order valence-electron chi connectivity index (χ4n) is 2.39. The Hall–Kier alpha value is -2.08. The zero-order valence-corrected chi connectivity index (χ0v) is 13.0. The van der Waals surface area contributed by atoms with E-state index in [1.54, 1.807) is 16.2 Å². The lowest BCUT2D eigenvalue weighted by Gasteiger charge is -2.18. The molecule has 1 fully saturated rings. The monoisotopic (exact) mass is 302 g/mol. The van der Waals surface area contributed by atoms with Gasteiger partial charge in [-0.25, -0.2) is 9.78 Å². The lowest BCUT2D eigenvalue weighted by molar-refractivity contribution is 0.218. The molecule has 2 amide bonds. The summed E-state index contributed by atoms with van der Waals surface area (Å²) in [4.78, 5) is 21.8. The molecular formula is C15H18N4OS. The molecule has 2 N–H and O–H groups in total. The maximum Gasteiger partial charge on any atom is 0.324 e. The molecule has 2 aromatic rings. The third kappa shape index (κ3) is 2.71. The number of aryl methyl sites for hydroxylation is 2. The first-order valence-corrected chi connectivity index (χ1v) is 7.71. The topological polar surface area (TPSA) is 62.5 Å². The molecule has 0 spiro atoms. The summed E-state index contributed by atoms with van der Waals surface area (Å²) in [6.07, 6.45) is 0. The van der Waals surface area contributed by atoms with Crippen LogP contribution in [0.5, 0.6) is 0 Å². The molecule has 0 saturated carbocycles. The normalized spacial score (nSPS) is 15.0. The Kier molecular flexibility index (Phi) is 3.55. The SMILES string of the molecule is Cc1nc(CN2CCN(c3ccc(N)cc3)C2=O)sc1C. The molecule has 1 aliphatic heterocycles. The molecule has 1 aromatic heterocycles. The van der Waals surface area contributed by atoms with Gasteiger partial charge in [0.2, 0.25) is 0 Å². The van der Waals surface area contributed by atoms with Crippen LogP contribution >= 0.6 is 11.3 Å². The first kappa shape index (κ1) is 13.9. The van der Waals surface area contributed by atoms with Crippen molar-refractivity contribution in [2.45, 2.75) is 20.4 Å². The molecule has 1 saturated heterocycles. The molecule has 2 heterocycles. The van der Waals surface area contributed by atoms with E-state index in [-0.39, 0.29) is 6.03 Å². The smallest absolute Gasteiger partial charge is 0.324 e. The van der Waals surface area contributed by atoms with Gasteiger partial charge in [-0.05, 0) is 38.1 Å². The van der Waals surface area contributed by atoms with Gasteiger partial charge in [0.25, 0.3) is 0 Å². The van der Waals surface area contributed by atoms with Gasteiger partial charge >= 0.3 is 6.03 Å². The van der Waals surface area contributed by atoms with Gasteiger partial charge in [-0.15, -0.1) is 11.3 Å². The fourth-order valence-corrected chi connectivity index (χ4v) is 3.34. The minimum Gasteiger partial charge on any atom is -0.399 e. The Balaban J connectivity index is 1.72. The van der Waals surface area contributed by atoms with E-state index in [2.05, 4.69) is 11.9 Å². The first-order chi connectivity index (χ1) is 10.0. The van der Waals surface area contributed by atoms with Crippen LogP contribution in [0.1, 0.15) is 15.6 Å². The van der Waals surface area contributed by atoms with Crippen molar-refractivity contribution in [3.8, 4) is 0 Å². The van der Waals surface area contributed by atoms with Crippen molar-refractivity contribution in [1.82, 2.24) is 9.88 Å². The van der Waals surface area contributed by atoms with Gasteiger partial charge in [0, 0.05) is 29.3 Å². The zero-order chi connectivity index (χ0) is 15.0. The summed E-state index contributed by atoms with van der Waals surface area (Å²) in [6, 6.07) is 7.44. The predicted molar refractivity (Wildman–Crippen MR) is 85.6 cm³/mol. The molecular weight excluding hydrogens is 284 g/mol. The molecule has 3 rings (SSSR count). The second-order valence-electron chi connectivity index (χ2n) is 5.20. The molecule has 110 valence electrons. The van der Waals surface area contributed by atoms with Crippen LogP contribution in [0, 0.1) is 13.8 Å². The van der Waals surface area contributed by atoms with E-state index >= 15 is 0 Å². The molecule has 1 aliphatic rings. The summed E-state index contributed by atoms with van der Waals surface area (Å²) in [6.45, 7) is 6.07. The molecule has 21 heavy (non-hydrogen) atoms. The van der Waals surface area contributed by atoms with Crippen LogP contribution in [-0.2, 0) is 6.54 Å². The van der Waals surface area contributed by atoms with E-state index < -0.39 is 0 Å². The summed E-state index contributed by atoms with van der Waals surface area (Å²) in [5.74, 6) is 0. The van der Waals surface area contributed by atoms with Crippen molar-refractivity contribution in [3.63, 3.8) is 0 Å². The second kappa shape index (κ2) is 5.37. The van der Waals surface area contributed by atoms with Crippen molar-refractivity contribution in [2.75, 3.05) is 23.7 Å². The van der Waals surface area contributed by atoms with E-state index in [4.69, 9.17) is 5.73 Å². The van der Waals surface area contributed by atoms with Crippen molar-refractivity contribution >= 4 is 28.7 Å². The fraction of sp³-hybridized carbons (Fsp3) is 0.333. The van der Waals surface area contributed by atoms with Gasteiger partial charge in [-0.2, -0.15) is 0 Å². The first-order valence-electron chi connectivity index (χ1n) is 6.89. The maximum absolute atomic E-state index is 12.5. The Morgan fingerprint density at radius 2 is 1.95 bits per heavy atom. The minimum atomic E-state index is 0.0327. The van der Waals surface area contributed by atoms with Crippen LogP contribution < -0.4 is 10.6 Å². The van der Waals surface area contributed by atoms with E-state index in [0.29, 0.717) is 18.8 Å². The lowest BCUT2D eigenvalue weighted by atomic mass is 10.2. The highest BCUT2D eigenvalue weighted by molar-refractivity contribution is 7.11. The number of benzene rings is 1. The Morgan fingerprint density at radius 3 is 2.57 bits per heavy atom. The van der Waals surface area contributed by atoms with E-state index in [1.165, 1.54) is 4.88 Å². The van der Waals surface area contributed by atoms with Crippen LogP contribution in [0.3, 0.4) is 0 Å². The van der Waals surface area contributed by atoms with Gasteiger partial charge in [0.1, 0.15) is 5.01 Å². The molecule has 0 atom stereocenters. The number of rotatable bonds is 3. The average Bonchev–Trinajstić information content (AvgIpc) is 2.96. The maximum atomic E-state index is 12.5. The summed E-state index contributed by atoms with van der Waals surface area (Å²) in [7, 11) is 0. The number of nitrogens with zero attached hydrogens (tertiary/aromatic N) is 3. The average molecular weight is 302 g/mol. The van der Waals surface area contributed by atoms with E-state index in [1.807, 2.05) is 36.1 Å². The Morgan fingerprint density at radius 1 is 1.24 bits per heavy atom. The molecule has 0 unspecified atom stereocenters.